The van der Waals surface area contributed by atoms with Gasteiger partial charge in [-0.3, -0.25) is 0 Å². The zero-order chi connectivity index (χ0) is 11.6. The van der Waals surface area contributed by atoms with Crippen LogP contribution in [-0.2, 0) is 12.8 Å². The first-order valence-corrected chi connectivity index (χ1v) is 6.89. The lowest BCUT2D eigenvalue weighted by molar-refractivity contribution is 0.675. The van der Waals surface area contributed by atoms with E-state index >= 15 is 0 Å². The van der Waals surface area contributed by atoms with E-state index in [9.17, 15) is 0 Å². The van der Waals surface area contributed by atoms with Crippen LogP contribution in [0.5, 0.6) is 0 Å². The average molecular weight is 237 g/mol. The van der Waals surface area contributed by atoms with Gasteiger partial charge in [0.15, 0.2) is 0 Å². The summed E-state index contributed by atoms with van der Waals surface area (Å²) >= 11 is 4.18. The summed E-state index contributed by atoms with van der Waals surface area (Å²) in [5.41, 5.74) is 2.88. The Hall–Kier alpha value is -0.470. The summed E-state index contributed by atoms with van der Waals surface area (Å²) in [6.07, 6.45) is 4.70. The van der Waals surface area contributed by atoms with Crippen molar-refractivity contribution < 1.29 is 0 Å². The van der Waals surface area contributed by atoms with Crippen molar-refractivity contribution in [2.24, 2.45) is 0 Å². The number of aryl methyl sites for hydroxylation is 1. The fourth-order valence-electron chi connectivity index (χ4n) is 1.72. The Morgan fingerprint density at radius 1 is 1.00 bits per heavy atom. The van der Waals surface area contributed by atoms with Crippen LogP contribution in [0.3, 0.4) is 0 Å². The van der Waals surface area contributed by atoms with Crippen molar-refractivity contribution in [3.05, 3.63) is 35.4 Å². The third-order valence-electron chi connectivity index (χ3n) is 2.66. The lowest BCUT2D eigenvalue weighted by Crippen LogP contribution is -2.18. The third-order valence-corrected chi connectivity index (χ3v) is 2.98. The van der Waals surface area contributed by atoms with Gasteiger partial charge < -0.3 is 5.32 Å². The summed E-state index contributed by atoms with van der Waals surface area (Å²) in [5, 5.41) is 3.43. The number of nitrogens with one attached hydrogen (secondary N) is 1. The van der Waals surface area contributed by atoms with E-state index in [-0.39, 0.29) is 0 Å². The van der Waals surface area contributed by atoms with Crippen LogP contribution in [0, 0.1) is 0 Å². The molecule has 0 atom stereocenters. The molecule has 0 bridgehead atoms. The Morgan fingerprint density at radius 2 is 1.62 bits per heavy atom. The minimum Gasteiger partial charge on any atom is -0.316 e. The highest BCUT2D eigenvalue weighted by Crippen LogP contribution is 2.06. The van der Waals surface area contributed by atoms with E-state index in [4.69, 9.17) is 0 Å². The van der Waals surface area contributed by atoms with Crippen molar-refractivity contribution >= 4 is 12.6 Å². The first-order chi connectivity index (χ1) is 7.86. The van der Waals surface area contributed by atoms with Gasteiger partial charge in [-0.1, -0.05) is 37.6 Å². The molecule has 0 aliphatic rings. The molecule has 0 fully saturated rings. The second kappa shape index (κ2) is 8.66. The van der Waals surface area contributed by atoms with E-state index in [1.54, 1.807) is 0 Å². The van der Waals surface area contributed by atoms with E-state index in [2.05, 4.69) is 49.1 Å². The van der Waals surface area contributed by atoms with Gasteiger partial charge in [-0.15, -0.1) is 0 Å². The van der Waals surface area contributed by atoms with Gasteiger partial charge >= 0.3 is 0 Å². The van der Waals surface area contributed by atoms with Crippen molar-refractivity contribution in [3.8, 4) is 0 Å². The predicted molar refractivity (Wildman–Crippen MR) is 75.5 cm³/mol. The molecule has 0 aliphatic carbocycles. The van der Waals surface area contributed by atoms with Gasteiger partial charge in [-0.25, -0.2) is 0 Å². The highest BCUT2D eigenvalue weighted by atomic mass is 32.1. The van der Waals surface area contributed by atoms with Gasteiger partial charge in [-0.05, 0) is 49.2 Å². The number of thiol groups is 1. The van der Waals surface area contributed by atoms with E-state index in [0.717, 1.165) is 31.7 Å². The molecule has 1 aromatic carbocycles. The fraction of sp³-hybridized carbons (Fsp3) is 0.571. The van der Waals surface area contributed by atoms with Crippen LogP contribution in [0.4, 0.5) is 0 Å². The minimum atomic E-state index is 0.971. The van der Waals surface area contributed by atoms with E-state index in [1.165, 1.54) is 24.0 Å². The van der Waals surface area contributed by atoms with Gasteiger partial charge in [0.25, 0.3) is 0 Å². The molecule has 90 valence electrons. The number of benzene rings is 1. The molecular formula is C14H23NS. The van der Waals surface area contributed by atoms with Crippen LogP contribution in [0.25, 0.3) is 0 Å². The van der Waals surface area contributed by atoms with Gasteiger partial charge in [0.1, 0.15) is 0 Å². The van der Waals surface area contributed by atoms with Crippen molar-refractivity contribution in [2.75, 3.05) is 18.8 Å². The van der Waals surface area contributed by atoms with E-state index < -0.39 is 0 Å². The summed E-state index contributed by atoms with van der Waals surface area (Å²) in [6.45, 7) is 4.37. The van der Waals surface area contributed by atoms with Gasteiger partial charge in [-0.2, -0.15) is 12.6 Å². The number of rotatable bonds is 8. The van der Waals surface area contributed by atoms with Crippen molar-refractivity contribution in [2.45, 2.75) is 32.6 Å². The SMILES string of the molecule is CCCc1ccc(CCNCCCS)cc1. The first kappa shape index (κ1) is 13.6. The Bertz CT molecular complexity index is 269. The van der Waals surface area contributed by atoms with Crippen LogP contribution in [0.1, 0.15) is 30.9 Å². The molecular weight excluding hydrogens is 214 g/mol. The largest absolute Gasteiger partial charge is 0.316 e. The zero-order valence-corrected chi connectivity index (χ0v) is 11.1. The molecule has 0 aliphatic heterocycles. The molecule has 0 spiro atoms. The van der Waals surface area contributed by atoms with Crippen molar-refractivity contribution in [3.63, 3.8) is 0 Å². The lowest BCUT2D eigenvalue weighted by atomic mass is 10.1. The first-order valence-electron chi connectivity index (χ1n) is 6.26. The molecule has 0 amide bonds. The Balaban J connectivity index is 2.21. The smallest absolute Gasteiger partial charge is 0.000835 e. The molecule has 1 rings (SSSR count). The second-order valence-corrected chi connectivity index (χ2v) is 4.59. The standard InChI is InChI=1S/C14H23NS/c1-2-4-13-5-7-14(8-6-13)9-11-15-10-3-12-16/h5-8,15-16H,2-4,9-12H2,1H3. The molecule has 0 saturated carbocycles. The predicted octanol–water partition coefficient (Wildman–Crippen LogP) is 3.09. The lowest BCUT2D eigenvalue weighted by Gasteiger charge is -2.05. The van der Waals surface area contributed by atoms with Crippen LogP contribution in [0.2, 0.25) is 0 Å². The molecule has 0 heterocycles. The molecule has 16 heavy (non-hydrogen) atoms. The number of hydrogen-bond donors (Lipinski definition) is 2. The van der Waals surface area contributed by atoms with Gasteiger partial charge in [0.2, 0.25) is 0 Å². The maximum atomic E-state index is 4.18. The molecule has 0 saturated heterocycles. The Labute approximate surface area is 105 Å². The molecule has 1 nitrogen and oxygen atoms in total. The topological polar surface area (TPSA) is 12.0 Å². The maximum absolute atomic E-state index is 4.18. The molecule has 1 N–H and O–H groups in total. The van der Waals surface area contributed by atoms with E-state index in [0.29, 0.717) is 0 Å². The minimum absolute atomic E-state index is 0.971. The quantitative estimate of drug-likeness (QED) is 0.523. The zero-order valence-electron chi connectivity index (χ0n) is 10.2. The second-order valence-electron chi connectivity index (χ2n) is 4.14. The highest BCUT2D eigenvalue weighted by molar-refractivity contribution is 7.80. The van der Waals surface area contributed by atoms with Crippen LogP contribution >= 0.6 is 12.6 Å². The summed E-state index contributed by atoms with van der Waals surface area (Å²) in [5.74, 6) is 0.971. The van der Waals surface area contributed by atoms with E-state index in [1.807, 2.05) is 0 Å². The summed E-state index contributed by atoms with van der Waals surface area (Å²) in [7, 11) is 0. The molecule has 2 heteroatoms. The average Bonchev–Trinajstić information content (AvgIpc) is 2.31. The highest BCUT2D eigenvalue weighted by Gasteiger charge is 1.94. The third kappa shape index (κ3) is 5.57. The maximum Gasteiger partial charge on any atom is -0.000835 e. The summed E-state index contributed by atoms with van der Waals surface area (Å²) < 4.78 is 0. The van der Waals surface area contributed by atoms with Crippen LogP contribution in [-0.4, -0.2) is 18.8 Å². The fourth-order valence-corrected chi connectivity index (χ4v) is 1.88. The summed E-state index contributed by atoms with van der Waals surface area (Å²) in [6, 6.07) is 9.02. The van der Waals surface area contributed by atoms with Crippen LogP contribution in [0.15, 0.2) is 24.3 Å². The van der Waals surface area contributed by atoms with Crippen molar-refractivity contribution in [1.82, 2.24) is 5.32 Å². The van der Waals surface area contributed by atoms with Crippen LogP contribution < -0.4 is 5.32 Å². The molecule has 0 radical (unpaired) electrons. The Kier molecular flexibility index (Phi) is 7.35. The monoisotopic (exact) mass is 237 g/mol. The van der Waals surface area contributed by atoms with Gasteiger partial charge in [0, 0.05) is 0 Å². The normalized spacial score (nSPS) is 10.6. The van der Waals surface area contributed by atoms with Crippen molar-refractivity contribution in [1.29, 1.82) is 0 Å². The van der Waals surface area contributed by atoms with Gasteiger partial charge in [0.05, 0.1) is 0 Å². The molecule has 0 unspecified atom stereocenters. The molecule has 1 aromatic rings. The summed E-state index contributed by atoms with van der Waals surface area (Å²) in [4.78, 5) is 0. The molecule has 0 aromatic heterocycles. The Morgan fingerprint density at radius 3 is 2.19 bits per heavy atom. The number of hydrogen-bond acceptors (Lipinski definition) is 2.